The number of cyclic esters (lactones) is 1. The molecule has 0 spiro atoms. The van der Waals surface area contributed by atoms with Crippen LogP contribution < -0.4 is 5.32 Å². The number of carboxylic acids is 2. The van der Waals surface area contributed by atoms with Crippen molar-refractivity contribution >= 4 is 18.0 Å². The van der Waals surface area contributed by atoms with Gasteiger partial charge >= 0.3 is 18.0 Å². The zero-order valence-electron chi connectivity index (χ0n) is 7.10. The molecule has 1 fully saturated rings. The molecule has 0 aromatic rings. The van der Waals surface area contributed by atoms with Crippen molar-refractivity contribution in [2.75, 3.05) is 13.2 Å². The standard InChI is InChI=1S/C4H4O4.C3H5NO2/c5-3(6)1-2-4(7)8;5-3-4-1-2-6-3/h1-2H,(H,5,6)(H,7,8);1-2H2,(H,4,5)/b2-1-;. The SMILES string of the molecule is O=C(O)/C=C\C(=O)O.O=C1NCCO1. The van der Waals surface area contributed by atoms with Crippen LogP contribution in [0.15, 0.2) is 12.2 Å². The zero-order valence-corrected chi connectivity index (χ0v) is 7.10. The molecule has 0 radical (unpaired) electrons. The quantitative estimate of drug-likeness (QED) is 0.518. The second-order valence-corrected chi connectivity index (χ2v) is 2.07. The first kappa shape index (κ1) is 11.9. The van der Waals surface area contributed by atoms with Gasteiger partial charge in [0.15, 0.2) is 0 Å². The highest BCUT2D eigenvalue weighted by Crippen LogP contribution is 1.82. The average molecular weight is 203 g/mol. The van der Waals surface area contributed by atoms with E-state index in [0.29, 0.717) is 25.3 Å². The summed E-state index contributed by atoms with van der Waals surface area (Å²) in [7, 11) is 0. The Bertz CT molecular complexity index is 235. The first-order chi connectivity index (χ1) is 6.52. The number of alkyl carbamates (subject to hydrolysis) is 1. The Morgan fingerprint density at radius 3 is 1.93 bits per heavy atom. The molecule has 3 N–H and O–H groups in total. The van der Waals surface area contributed by atoms with Crippen LogP contribution in [-0.2, 0) is 14.3 Å². The third-order valence-electron chi connectivity index (χ3n) is 0.973. The number of ether oxygens (including phenoxy) is 1. The summed E-state index contributed by atoms with van der Waals surface area (Å²) in [5, 5.41) is 18.1. The van der Waals surface area contributed by atoms with Crippen molar-refractivity contribution < 1.29 is 29.3 Å². The minimum absolute atomic E-state index is 0.296. The largest absolute Gasteiger partial charge is 0.478 e. The van der Waals surface area contributed by atoms with Crippen LogP contribution in [0.3, 0.4) is 0 Å². The predicted octanol–water partition coefficient (Wildman–Crippen LogP) is -0.562. The zero-order chi connectivity index (χ0) is 11.0. The summed E-state index contributed by atoms with van der Waals surface area (Å²) in [5.74, 6) is -2.51. The van der Waals surface area contributed by atoms with Crippen molar-refractivity contribution in [3.8, 4) is 0 Å². The van der Waals surface area contributed by atoms with Crippen LogP contribution in [0.1, 0.15) is 0 Å². The number of carboxylic acid groups (broad SMARTS) is 2. The molecule has 0 aromatic carbocycles. The molecule has 1 heterocycles. The Hall–Kier alpha value is -2.05. The number of carbonyl (C=O) groups excluding carboxylic acids is 1. The number of aliphatic carboxylic acids is 2. The van der Waals surface area contributed by atoms with Crippen LogP contribution in [-0.4, -0.2) is 41.4 Å². The molecular formula is C7H9NO6. The Balaban J connectivity index is 0.000000249. The van der Waals surface area contributed by atoms with Crippen molar-refractivity contribution in [2.24, 2.45) is 0 Å². The van der Waals surface area contributed by atoms with E-state index in [0.717, 1.165) is 0 Å². The van der Waals surface area contributed by atoms with Crippen molar-refractivity contribution in [1.29, 1.82) is 0 Å². The molecule has 0 bridgehead atoms. The fourth-order valence-corrected chi connectivity index (χ4v) is 0.490. The molecule has 1 saturated heterocycles. The van der Waals surface area contributed by atoms with Crippen LogP contribution >= 0.6 is 0 Å². The van der Waals surface area contributed by atoms with Gasteiger partial charge < -0.3 is 20.3 Å². The van der Waals surface area contributed by atoms with Crippen molar-refractivity contribution in [3.05, 3.63) is 12.2 Å². The van der Waals surface area contributed by atoms with Gasteiger partial charge in [-0.2, -0.15) is 0 Å². The van der Waals surface area contributed by atoms with E-state index in [9.17, 15) is 14.4 Å². The monoisotopic (exact) mass is 203 g/mol. The first-order valence-electron chi connectivity index (χ1n) is 3.57. The molecule has 78 valence electrons. The van der Waals surface area contributed by atoms with Crippen LogP contribution in [0.2, 0.25) is 0 Å². The van der Waals surface area contributed by atoms with Crippen LogP contribution in [0.25, 0.3) is 0 Å². The number of amides is 1. The summed E-state index contributed by atoms with van der Waals surface area (Å²) in [4.78, 5) is 29.0. The van der Waals surface area contributed by atoms with Gasteiger partial charge in [-0.15, -0.1) is 0 Å². The maximum atomic E-state index is 9.91. The minimum Gasteiger partial charge on any atom is -0.478 e. The van der Waals surface area contributed by atoms with E-state index < -0.39 is 11.9 Å². The lowest BCUT2D eigenvalue weighted by atomic mass is 10.5. The van der Waals surface area contributed by atoms with Gasteiger partial charge in [0.1, 0.15) is 6.61 Å². The van der Waals surface area contributed by atoms with E-state index in [-0.39, 0.29) is 6.09 Å². The lowest BCUT2D eigenvalue weighted by Gasteiger charge is -1.80. The molecule has 1 aliphatic rings. The van der Waals surface area contributed by atoms with E-state index >= 15 is 0 Å². The third kappa shape index (κ3) is 8.05. The minimum atomic E-state index is -1.26. The summed E-state index contributed by atoms with van der Waals surface area (Å²) in [6, 6.07) is 0. The van der Waals surface area contributed by atoms with Gasteiger partial charge in [-0.25, -0.2) is 14.4 Å². The molecular weight excluding hydrogens is 194 g/mol. The second kappa shape index (κ2) is 6.46. The molecule has 7 heteroatoms. The van der Waals surface area contributed by atoms with E-state index in [1.54, 1.807) is 0 Å². The normalized spacial score (nSPS) is 13.9. The van der Waals surface area contributed by atoms with Gasteiger partial charge in [-0.05, 0) is 0 Å². The summed E-state index contributed by atoms with van der Waals surface area (Å²) < 4.78 is 4.40. The Kier molecular flexibility index (Phi) is 5.52. The molecule has 0 atom stereocenters. The Morgan fingerprint density at radius 2 is 1.79 bits per heavy atom. The van der Waals surface area contributed by atoms with Crippen LogP contribution in [0.5, 0.6) is 0 Å². The lowest BCUT2D eigenvalue weighted by molar-refractivity contribution is -0.134. The number of rotatable bonds is 2. The fourth-order valence-electron chi connectivity index (χ4n) is 0.490. The molecule has 0 unspecified atom stereocenters. The van der Waals surface area contributed by atoms with E-state index in [1.165, 1.54) is 0 Å². The third-order valence-corrected chi connectivity index (χ3v) is 0.973. The van der Waals surface area contributed by atoms with Crippen LogP contribution in [0.4, 0.5) is 4.79 Å². The van der Waals surface area contributed by atoms with Gasteiger partial charge in [0.2, 0.25) is 0 Å². The molecule has 7 nitrogen and oxygen atoms in total. The number of hydrogen-bond donors (Lipinski definition) is 3. The highest BCUT2D eigenvalue weighted by atomic mass is 16.6. The van der Waals surface area contributed by atoms with Crippen molar-refractivity contribution in [3.63, 3.8) is 0 Å². The van der Waals surface area contributed by atoms with Crippen molar-refractivity contribution in [1.82, 2.24) is 5.32 Å². The smallest absolute Gasteiger partial charge is 0.407 e. The van der Waals surface area contributed by atoms with E-state index in [1.807, 2.05) is 0 Å². The molecule has 14 heavy (non-hydrogen) atoms. The molecule has 1 amide bonds. The summed E-state index contributed by atoms with van der Waals surface area (Å²) >= 11 is 0. The van der Waals surface area contributed by atoms with E-state index in [4.69, 9.17) is 10.2 Å². The number of carbonyl (C=O) groups is 3. The van der Waals surface area contributed by atoms with Gasteiger partial charge in [0.05, 0.1) is 6.54 Å². The Labute approximate surface area is 79.0 Å². The summed E-state index contributed by atoms with van der Waals surface area (Å²) in [5.41, 5.74) is 0. The molecule has 0 aromatic heterocycles. The molecule has 0 saturated carbocycles. The Morgan fingerprint density at radius 1 is 1.29 bits per heavy atom. The topological polar surface area (TPSA) is 113 Å². The maximum Gasteiger partial charge on any atom is 0.407 e. The van der Waals surface area contributed by atoms with E-state index in [2.05, 4.69) is 10.1 Å². The highest BCUT2D eigenvalue weighted by molar-refractivity contribution is 5.89. The second-order valence-electron chi connectivity index (χ2n) is 2.07. The highest BCUT2D eigenvalue weighted by Gasteiger charge is 2.06. The predicted molar refractivity (Wildman–Crippen MR) is 43.8 cm³/mol. The van der Waals surface area contributed by atoms with Gasteiger partial charge in [-0.1, -0.05) is 0 Å². The van der Waals surface area contributed by atoms with Crippen molar-refractivity contribution in [2.45, 2.75) is 0 Å². The van der Waals surface area contributed by atoms with Crippen LogP contribution in [0, 0.1) is 0 Å². The fraction of sp³-hybridized carbons (Fsp3) is 0.286. The van der Waals surface area contributed by atoms with Gasteiger partial charge in [0.25, 0.3) is 0 Å². The average Bonchev–Trinajstić information content (AvgIpc) is 2.53. The van der Waals surface area contributed by atoms with Gasteiger partial charge in [-0.3, -0.25) is 0 Å². The van der Waals surface area contributed by atoms with Gasteiger partial charge in [0, 0.05) is 12.2 Å². The number of hydrogen-bond acceptors (Lipinski definition) is 4. The molecule has 0 aliphatic carbocycles. The summed E-state index contributed by atoms with van der Waals surface area (Å²) in [6.45, 7) is 1.19. The molecule has 1 rings (SSSR count). The first-order valence-corrected chi connectivity index (χ1v) is 3.57. The summed E-state index contributed by atoms with van der Waals surface area (Å²) in [6.07, 6.45) is 0.819. The molecule has 1 aliphatic heterocycles. The maximum absolute atomic E-state index is 9.91. The lowest BCUT2D eigenvalue weighted by Crippen LogP contribution is -2.11. The number of nitrogens with one attached hydrogen (secondary N) is 1.